The molecule has 0 aromatic heterocycles. The molecular weight excluding hydrogens is 330 g/mol. The quantitative estimate of drug-likeness (QED) is 0.915. The van der Waals surface area contributed by atoms with Crippen LogP contribution in [0.1, 0.15) is 15.9 Å². The Morgan fingerprint density at radius 2 is 1.88 bits per heavy atom. The zero-order valence-electron chi connectivity index (χ0n) is 14.9. The molecule has 0 atom stereocenters. The summed E-state index contributed by atoms with van der Waals surface area (Å²) in [4.78, 5) is 17.4. The van der Waals surface area contributed by atoms with Crippen LogP contribution in [0, 0.1) is 0 Å². The van der Waals surface area contributed by atoms with E-state index in [1.54, 1.807) is 18.2 Å². The molecule has 2 aromatic carbocycles. The van der Waals surface area contributed by atoms with Gasteiger partial charge in [-0.1, -0.05) is 18.2 Å². The Labute approximate surface area is 153 Å². The number of hydrogen-bond donors (Lipinski definition) is 1. The minimum atomic E-state index is -0.191. The molecule has 0 unspecified atom stereocenters. The van der Waals surface area contributed by atoms with Crippen molar-refractivity contribution in [2.45, 2.75) is 6.54 Å². The maximum absolute atomic E-state index is 12.6. The Kier molecular flexibility index (Phi) is 4.77. The Hall–Kier alpha value is -2.57. The number of benzene rings is 2. The average Bonchev–Trinajstić information content (AvgIpc) is 3.12. The first kappa shape index (κ1) is 16.9. The second-order valence-electron chi connectivity index (χ2n) is 6.77. The monoisotopic (exact) mass is 353 g/mol. The minimum Gasteiger partial charge on any atom is -0.454 e. The number of hydrogen-bond acceptors (Lipinski definition) is 5. The highest BCUT2D eigenvalue weighted by molar-refractivity contribution is 6.06. The second-order valence-corrected chi connectivity index (χ2v) is 6.77. The lowest BCUT2D eigenvalue weighted by atomic mass is 10.1. The van der Waals surface area contributed by atoms with Gasteiger partial charge in [-0.2, -0.15) is 0 Å². The number of rotatable bonds is 4. The number of nitrogens with zero attached hydrogens (tertiary/aromatic N) is 2. The van der Waals surface area contributed by atoms with Crippen molar-refractivity contribution < 1.29 is 14.3 Å². The van der Waals surface area contributed by atoms with E-state index in [9.17, 15) is 4.79 Å². The normalized spacial score (nSPS) is 17.3. The van der Waals surface area contributed by atoms with Crippen molar-refractivity contribution in [3.05, 3.63) is 53.6 Å². The number of anilines is 1. The number of ether oxygens (including phenoxy) is 2. The predicted molar refractivity (Wildman–Crippen MR) is 99.7 cm³/mol. The molecule has 4 rings (SSSR count). The van der Waals surface area contributed by atoms with Crippen LogP contribution < -0.4 is 14.8 Å². The number of piperazine rings is 1. The smallest absolute Gasteiger partial charge is 0.259 e. The van der Waals surface area contributed by atoms with Gasteiger partial charge in [0.05, 0.1) is 5.56 Å². The van der Waals surface area contributed by atoms with E-state index < -0.39 is 0 Å². The van der Waals surface area contributed by atoms with Gasteiger partial charge in [-0.25, -0.2) is 0 Å². The van der Waals surface area contributed by atoms with Gasteiger partial charge in [-0.3, -0.25) is 9.69 Å². The summed E-state index contributed by atoms with van der Waals surface area (Å²) in [6, 6.07) is 13.4. The summed E-state index contributed by atoms with van der Waals surface area (Å²) in [6.45, 7) is 5.38. The first-order valence-corrected chi connectivity index (χ1v) is 8.89. The second kappa shape index (κ2) is 7.35. The standard InChI is InChI=1S/C20H23N3O3/c1-22-8-10-23(11-9-22)13-15-4-2-5-16(12-15)21-20(24)17-6-3-7-18-19(17)26-14-25-18/h2-7,12H,8-11,13-14H2,1H3,(H,21,24). The maximum atomic E-state index is 12.6. The molecule has 1 N–H and O–H groups in total. The molecular formula is C20H23N3O3. The topological polar surface area (TPSA) is 54.0 Å². The van der Waals surface area contributed by atoms with Crippen LogP contribution in [0.3, 0.4) is 0 Å². The van der Waals surface area contributed by atoms with Gasteiger partial charge in [0.2, 0.25) is 6.79 Å². The molecule has 0 bridgehead atoms. The van der Waals surface area contributed by atoms with Crippen LogP contribution in [-0.4, -0.2) is 55.7 Å². The van der Waals surface area contributed by atoms with E-state index in [2.05, 4.69) is 28.2 Å². The number of amides is 1. The van der Waals surface area contributed by atoms with E-state index in [0.717, 1.165) is 38.4 Å². The molecule has 6 nitrogen and oxygen atoms in total. The number of carbonyl (C=O) groups excluding carboxylic acids is 1. The van der Waals surface area contributed by atoms with Crippen molar-refractivity contribution in [3.63, 3.8) is 0 Å². The van der Waals surface area contributed by atoms with Gasteiger partial charge in [0.25, 0.3) is 5.91 Å². The fraction of sp³-hybridized carbons (Fsp3) is 0.350. The molecule has 1 amide bonds. The van der Waals surface area contributed by atoms with Gasteiger partial charge < -0.3 is 19.7 Å². The summed E-state index contributed by atoms with van der Waals surface area (Å²) in [5, 5.41) is 2.97. The van der Waals surface area contributed by atoms with Crippen molar-refractivity contribution in [2.24, 2.45) is 0 Å². The van der Waals surface area contributed by atoms with E-state index in [1.807, 2.05) is 18.2 Å². The molecule has 0 aliphatic carbocycles. The molecule has 2 heterocycles. The third-order valence-electron chi connectivity index (χ3n) is 4.83. The first-order valence-electron chi connectivity index (χ1n) is 8.89. The molecule has 136 valence electrons. The van der Waals surface area contributed by atoms with Crippen molar-refractivity contribution in [3.8, 4) is 11.5 Å². The fourth-order valence-corrected chi connectivity index (χ4v) is 3.32. The summed E-state index contributed by atoms with van der Waals surface area (Å²) in [6.07, 6.45) is 0. The summed E-state index contributed by atoms with van der Waals surface area (Å²) < 4.78 is 10.8. The zero-order chi connectivity index (χ0) is 17.9. The van der Waals surface area contributed by atoms with Gasteiger partial charge in [-0.15, -0.1) is 0 Å². The number of para-hydroxylation sites is 1. The largest absolute Gasteiger partial charge is 0.454 e. The SMILES string of the molecule is CN1CCN(Cc2cccc(NC(=O)c3cccc4c3OCO4)c2)CC1. The van der Waals surface area contributed by atoms with Crippen molar-refractivity contribution >= 4 is 11.6 Å². The molecule has 6 heteroatoms. The van der Waals surface area contributed by atoms with Gasteiger partial charge in [0, 0.05) is 38.4 Å². The average molecular weight is 353 g/mol. The van der Waals surface area contributed by atoms with Crippen molar-refractivity contribution in [2.75, 3.05) is 45.3 Å². The van der Waals surface area contributed by atoms with Gasteiger partial charge in [-0.05, 0) is 36.9 Å². The third kappa shape index (κ3) is 3.66. The maximum Gasteiger partial charge on any atom is 0.259 e. The molecule has 2 aliphatic heterocycles. The lowest BCUT2D eigenvalue weighted by Gasteiger charge is -2.32. The van der Waals surface area contributed by atoms with E-state index >= 15 is 0 Å². The molecule has 0 saturated carbocycles. The molecule has 2 aliphatic rings. The third-order valence-corrected chi connectivity index (χ3v) is 4.83. The minimum absolute atomic E-state index is 0.153. The van der Waals surface area contributed by atoms with E-state index in [1.165, 1.54) is 5.56 Å². The van der Waals surface area contributed by atoms with E-state index in [-0.39, 0.29) is 12.7 Å². The summed E-state index contributed by atoms with van der Waals surface area (Å²) >= 11 is 0. The van der Waals surface area contributed by atoms with Gasteiger partial charge >= 0.3 is 0 Å². The number of likely N-dealkylation sites (N-methyl/N-ethyl adjacent to an activating group) is 1. The summed E-state index contributed by atoms with van der Waals surface area (Å²) in [7, 11) is 2.16. The number of nitrogens with one attached hydrogen (secondary N) is 1. The Balaban J connectivity index is 1.44. The van der Waals surface area contributed by atoms with Crippen LogP contribution in [0.5, 0.6) is 11.5 Å². The fourth-order valence-electron chi connectivity index (χ4n) is 3.32. The van der Waals surface area contributed by atoms with Gasteiger partial charge in [0.1, 0.15) is 0 Å². The van der Waals surface area contributed by atoms with E-state index in [4.69, 9.17) is 9.47 Å². The number of carbonyl (C=O) groups is 1. The molecule has 1 fully saturated rings. The number of fused-ring (bicyclic) bond motifs is 1. The lowest BCUT2D eigenvalue weighted by molar-refractivity contribution is 0.102. The predicted octanol–water partition coefficient (Wildman–Crippen LogP) is 2.42. The Morgan fingerprint density at radius 3 is 2.73 bits per heavy atom. The van der Waals surface area contributed by atoms with E-state index in [0.29, 0.717) is 17.1 Å². The van der Waals surface area contributed by atoms with Crippen molar-refractivity contribution in [1.29, 1.82) is 0 Å². The van der Waals surface area contributed by atoms with Crippen LogP contribution in [0.15, 0.2) is 42.5 Å². The van der Waals surface area contributed by atoms with Crippen LogP contribution in [0.4, 0.5) is 5.69 Å². The lowest BCUT2D eigenvalue weighted by Crippen LogP contribution is -2.43. The van der Waals surface area contributed by atoms with Crippen LogP contribution in [0.25, 0.3) is 0 Å². The summed E-state index contributed by atoms with van der Waals surface area (Å²) in [5.41, 5.74) is 2.48. The zero-order valence-corrected chi connectivity index (χ0v) is 14.9. The first-order chi connectivity index (χ1) is 12.7. The highest BCUT2D eigenvalue weighted by Crippen LogP contribution is 2.35. The molecule has 26 heavy (non-hydrogen) atoms. The highest BCUT2D eigenvalue weighted by Gasteiger charge is 2.22. The van der Waals surface area contributed by atoms with Gasteiger partial charge in [0.15, 0.2) is 11.5 Å². The molecule has 0 spiro atoms. The van der Waals surface area contributed by atoms with Crippen LogP contribution in [-0.2, 0) is 6.54 Å². The van der Waals surface area contributed by atoms with Crippen molar-refractivity contribution in [1.82, 2.24) is 9.80 Å². The van der Waals surface area contributed by atoms with Crippen LogP contribution in [0.2, 0.25) is 0 Å². The molecule has 2 aromatic rings. The highest BCUT2D eigenvalue weighted by atomic mass is 16.7. The van der Waals surface area contributed by atoms with Crippen LogP contribution >= 0.6 is 0 Å². The molecule has 0 radical (unpaired) electrons. The summed E-state index contributed by atoms with van der Waals surface area (Å²) in [5.74, 6) is 0.934. The Bertz CT molecular complexity index is 801. The molecule has 1 saturated heterocycles. The Morgan fingerprint density at radius 1 is 1.08 bits per heavy atom.